The lowest BCUT2D eigenvalue weighted by molar-refractivity contribution is 0.272. The minimum absolute atomic E-state index is 0.132. The molecule has 2 rings (SSSR count). The third-order valence-corrected chi connectivity index (χ3v) is 6.34. The summed E-state index contributed by atoms with van der Waals surface area (Å²) < 4.78 is 29.4. The molecule has 2 aliphatic rings. The van der Waals surface area contributed by atoms with Crippen molar-refractivity contribution in [2.24, 2.45) is 11.7 Å². The number of nitrogens with one attached hydrogen (secondary N) is 1. The molecular formula is C14H29N3O2S. The van der Waals surface area contributed by atoms with Crippen molar-refractivity contribution >= 4 is 10.2 Å². The molecule has 0 unspecified atom stereocenters. The zero-order chi connectivity index (χ0) is 14.4. The molecule has 1 heterocycles. The van der Waals surface area contributed by atoms with Gasteiger partial charge in [0.25, 0.3) is 10.2 Å². The van der Waals surface area contributed by atoms with Crippen molar-refractivity contribution in [1.29, 1.82) is 0 Å². The fraction of sp³-hybridized carbons (Fsp3) is 1.00. The summed E-state index contributed by atoms with van der Waals surface area (Å²) in [5.41, 5.74) is 5.66. The first-order chi connectivity index (χ1) is 9.62. The second kappa shape index (κ2) is 7.73. The third kappa shape index (κ3) is 4.69. The van der Waals surface area contributed by atoms with E-state index in [2.05, 4.69) is 4.72 Å². The Morgan fingerprint density at radius 2 is 1.50 bits per heavy atom. The maximum absolute atomic E-state index is 12.4. The first kappa shape index (κ1) is 16.2. The van der Waals surface area contributed by atoms with Gasteiger partial charge in [0.2, 0.25) is 0 Å². The summed E-state index contributed by atoms with van der Waals surface area (Å²) in [6.07, 6.45) is 9.80. The average Bonchev–Trinajstić information content (AvgIpc) is 2.42. The molecule has 3 N–H and O–H groups in total. The zero-order valence-corrected chi connectivity index (χ0v) is 13.2. The van der Waals surface area contributed by atoms with Gasteiger partial charge in [-0.05, 0) is 38.1 Å². The Hall–Kier alpha value is -0.170. The van der Waals surface area contributed by atoms with Gasteiger partial charge < -0.3 is 5.73 Å². The van der Waals surface area contributed by atoms with E-state index in [0.29, 0.717) is 25.6 Å². The van der Waals surface area contributed by atoms with Gasteiger partial charge in [0, 0.05) is 19.1 Å². The molecule has 1 saturated heterocycles. The molecule has 0 radical (unpaired) electrons. The summed E-state index contributed by atoms with van der Waals surface area (Å²) in [5, 5.41) is 0. The summed E-state index contributed by atoms with van der Waals surface area (Å²) >= 11 is 0. The minimum Gasteiger partial charge on any atom is -0.330 e. The average molecular weight is 303 g/mol. The fourth-order valence-electron chi connectivity index (χ4n) is 3.24. The van der Waals surface area contributed by atoms with Crippen LogP contribution in [0.15, 0.2) is 0 Å². The molecule has 1 aliphatic carbocycles. The maximum atomic E-state index is 12.4. The molecule has 6 heteroatoms. The van der Waals surface area contributed by atoms with Gasteiger partial charge in [-0.1, -0.05) is 32.1 Å². The third-order valence-electron chi connectivity index (χ3n) is 4.67. The van der Waals surface area contributed by atoms with Crippen LogP contribution in [0.1, 0.15) is 57.8 Å². The molecule has 5 nitrogen and oxygen atoms in total. The first-order valence-electron chi connectivity index (χ1n) is 8.09. The molecule has 1 aliphatic heterocycles. The van der Waals surface area contributed by atoms with Crippen LogP contribution in [0.3, 0.4) is 0 Å². The second-order valence-corrected chi connectivity index (χ2v) is 7.95. The number of hydrogen-bond donors (Lipinski definition) is 2. The molecule has 0 aromatic heterocycles. The molecule has 0 atom stereocenters. The Morgan fingerprint density at radius 3 is 2.05 bits per heavy atom. The van der Waals surface area contributed by atoms with Gasteiger partial charge in [-0.2, -0.15) is 17.4 Å². The van der Waals surface area contributed by atoms with Gasteiger partial charge in [-0.25, -0.2) is 0 Å². The van der Waals surface area contributed by atoms with Gasteiger partial charge in [-0.3, -0.25) is 0 Å². The summed E-state index contributed by atoms with van der Waals surface area (Å²) in [7, 11) is -3.30. The number of nitrogens with two attached hydrogens (primary N) is 1. The predicted octanol–water partition coefficient (Wildman–Crippen LogP) is 1.60. The van der Waals surface area contributed by atoms with Crippen molar-refractivity contribution in [2.75, 3.05) is 19.6 Å². The molecule has 0 aromatic rings. The van der Waals surface area contributed by atoms with Crippen LogP contribution in [0.4, 0.5) is 0 Å². The maximum Gasteiger partial charge on any atom is 0.279 e. The lowest BCUT2D eigenvalue weighted by Gasteiger charge is -2.32. The van der Waals surface area contributed by atoms with Crippen LogP contribution >= 0.6 is 0 Å². The van der Waals surface area contributed by atoms with E-state index in [4.69, 9.17) is 5.73 Å². The van der Waals surface area contributed by atoms with Gasteiger partial charge >= 0.3 is 0 Å². The molecule has 1 saturated carbocycles. The highest BCUT2D eigenvalue weighted by molar-refractivity contribution is 7.87. The van der Waals surface area contributed by atoms with E-state index in [1.165, 1.54) is 19.3 Å². The van der Waals surface area contributed by atoms with E-state index in [1.54, 1.807) is 4.31 Å². The van der Waals surface area contributed by atoms with Gasteiger partial charge in [0.05, 0.1) is 0 Å². The lowest BCUT2D eigenvalue weighted by Crippen LogP contribution is -2.48. The quantitative estimate of drug-likeness (QED) is 0.828. The van der Waals surface area contributed by atoms with Crippen molar-refractivity contribution in [3.8, 4) is 0 Å². The molecule has 0 bridgehead atoms. The second-order valence-electron chi connectivity index (χ2n) is 6.24. The Balaban J connectivity index is 1.86. The van der Waals surface area contributed by atoms with Crippen LogP contribution in [0, 0.1) is 5.92 Å². The van der Waals surface area contributed by atoms with Crippen molar-refractivity contribution in [3.63, 3.8) is 0 Å². The highest BCUT2D eigenvalue weighted by Gasteiger charge is 2.29. The number of piperidine rings is 1. The molecule has 118 valence electrons. The number of rotatable bonds is 4. The van der Waals surface area contributed by atoms with Crippen LogP contribution in [-0.4, -0.2) is 38.4 Å². The summed E-state index contributed by atoms with van der Waals surface area (Å²) in [6, 6.07) is 0.132. The Kier molecular flexibility index (Phi) is 6.26. The molecule has 0 aromatic carbocycles. The lowest BCUT2D eigenvalue weighted by atomic mass is 9.97. The normalized spacial score (nSPS) is 25.2. The Morgan fingerprint density at radius 1 is 0.950 bits per heavy atom. The smallest absolute Gasteiger partial charge is 0.279 e. The highest BCUT2D eigenvalue weighted by atomic mass is 32.2. The van der Waals surface area contributed by atoms with Gasteiger partial charge in [0.1, 0.15) is 0 Å². The molecule has 2 fully saturated rings. The molecule has 0 amide bonds. The topological polar surface area (TPSA) is 75.4 Å². The van der Waals surface area contributed by atoms with E-state index < -0.39 is 10.2 Å². The largest absolute Gasteiger partial charge is 0.330 e. The predicted molar refractivity (Wildman–Crippen MR) is 81.5 cm³/mol. The first-order valence-corrected chi connectivity index (χ1v) is 9.53. The summed E-state index contributed by atoms with van der Waals surface area (Å²) in [4.78, 5) is 0. The molecule has 20 heavy (non-hydrogen) atoms. The minimum atomic E-state index is -3.30. The van der Waals surface area contributed by atoms with Crippen molar-refractivity contribution in [2.45, 2.75) is 63.8 Å². The van der Waals surface area contributed by atoms with Crippen molar-refractivity contribution in [1.82, 2.24) is 9.03 Å². The van der Waals surface area contributed by atoms with Crippen LogP contribution in [0.25, 0.3) is 0 Å². The monoisotopic (exact) mass is 303 g/mol. The number of nitrogens with zero attached hydrogens (tertiary/aromatic N) is 1. The van der Waals surface area contributed by atoms with Crippen LogP contribution < -0.4 is 10.5 Å². The molecule has 0 spiro atoms. The van der Waals surface area contributed by atoms with Gasteiger partial charge in [-0.15, -0.1) is 0 Å². The summed E-state index contributed by atoms with van der Waals surface area (Å²) in [6.45, 7) is 1.90. The van der Waals surface area contributed by atoms with Crippen LogP contribution in [-0.2, 0) is 10.2 Å². The van der Waals surface area contributed by atoms with E-state index in [9.17, 15) is 8.42 Å². The van der Waals surface area contributed by atoms with Crippen molar-refractivity contribution in [3.05, 3.63) is 0 Å². The summed E-state index contributed by atoms with van der Waals surface area (Å²) in [5.74, 6) is 0.489. The highest BCUT2D eigenvalue weighted by Crippen LogP contribution is 2.21. The Bertz CT molecular complexity index is 370. The van der Waals surface area contributed by atoms with Crippen LogP contribution in [0.5, 0.6) is 0 Å². The van der Waals surface area contributed by atoms with Crippen molar-refractivity contribution < 1.29 is 8.42 Å². The standard InChI is InChI=1S/C14H29N3O2S/c15-12-13-8-10-17(11-9-13)20(18,19)16-14-6-4-2-1-3-5-7-14/h13-14,16H,1-12,15H2. The number of hydrogen-bond acceptors (Lipinski definition) is 3. The fourth-order valence-corrected chi connectivity index (χ4v) is 4.74. The zero-order valence-electron chi connectivity index (χ0n) is 12.4. The van der Waals surface area contributed by atoms with Crippen LogP contribution in [0.2, 0.25) is 0 Å². The van der Waals surface area contributed by atoms with E-state index in [0.717, 1.165) is 38.5 Å². The van der Waals surface area contributed by atoms with E-state index >= 15 is 0 Å². The Labute approximate surface area is 123 Å². The molecular weight excluding hydrogens is 274 g/mol. The SMILES string of the molecule is NCC1CCN(S(=O)(=O)NC2CCCCCCC2)CC1. The van der Waals surface area contributed by atoms with Gasteiger partial charge in [0.15, 0.2) is 0 Å². The van der Waals surface area contributed by atoms with E-state index in [-0.39, 0.29) is 6.04 Å². The van der Waals surface area contributed by atoms with E-state index in [1.807, 2.05) is 0 Å².